The standard InChI is InChI=1S/C10H12FNOS/c1-7(12-10(13)6-14)8-2-4-9(11)5-3-8/h2-5,7,14H,6H2,1H3,(H,12,13). The highest BCUT2D eigenvalue weighted by molar-refractivity contribution is 7.81. The molecular weight excluding hydrogens is 201 g/mol. The zero-order valence-corrected chi connectivity index (χ0v) is 8.72. The molecule has 1 aromatic carbocycles. The van der Waals surface area contributed by atoms with E-state index in [4.69, 9.17) is 0 Å². The molecule has 0 saturated carbocycles. The van der Waals surface area contributed by atoms with Crippen molar-refractivity contribution in [3.8, 4) is 0 Å². The highest BCUT2D eigenvalue weighted by atomic mass is 32.1. The molecule has 0 aliphatic rings. The second kappa shape index (κ2) is 5.00. The molecule has 1 unspecified atom stereocenters. The molecule has 0 aromatic heterocycles. The monoisotopic (exact) mass is 213 g/mol. The summed E-state index contributed by atoms with van der Waals surface area (Å²) in [6.07, 6.45) is 0. The number of benzene rings is 1. The van der Waals surface area contributed by atoms with E-state index in [0.717, 1.165) is 5.56 Å². The molecule has 0 saturated heterocycles. The summed E-state index contributed by atoms with van der Waals surface area (Å²) in [5, 5.41) is 2.73. The highest BCUT2D eigenvalue weighted by Gasteiger charge is 2.07. The van der Waals surface area contributed by atoms with Crippen LogP contribution in [0.2, 0.25) is 0 Å². The van der Waals surface area contributed by atoms with Crippen LogP contribution in [-0.4, -0.2) is 11.7 Å². The van der Waals surface area contributed by atoms with E-state index in [-0.39, 0.29) is 23.5 Å². The van der Waals surface area contributed by atoms with Crippen LogP contribution >= 0.6 is 12.6 Å². The van der Waals surface area contributed by atoms with Crippen LogP contribution in [0.4, 0.5) is 4.39 Å². The topological polar surface area (TPSA) is 29.1 Å². The fraction of sp³-hybridized carbons (Fsp3) is 0.300. The molecule has 4 heteroatoms. The molecule has 14 heavy (non-hydrogen) atoms. The number of nitrogens with one attached hydrogen (secondary N) is 1. The number of rotatable bonds is 3. The third-order valence-corrected chi connectivity index (χ3v) is 2.18. The zero-order chi connectivity index (χ0) is 10.6. The predicted octanol–water partition coefficient (Wildman–Crippen LogP) is 1.93. The van der Waals surface area contributed by atoms with Crippen LogP contribution in [0.15, 0.2) is 24.3 Å². The molecule has 76 valence electrons. The van der Waals surface area contributed by atoms with Crippen LogP contribution in [0.5, 0.6) is 0 Å². The number of thiol groups is 1. The molecule has 0 bridgehead atoms. The quantitative estimate of drug-likeness (QED) is 0.738. The van der Waals surface area contributed by atoms with Gasteiger partial charge in [0.25, 0.3) is 0 Å². The van der Waals surface area contributed by atoms with Crippen molar-refractivity contribution in [1.29, 1.82) is 0 Å². The lowest BCUT2D eigenvalue weighted by Crippen LogP contribution is -2.27. The first-order valence-electron chi connectivity index (χ1n) is 4.29. The third-order valence-electron chi connectivity index (χ3n) is 1.89. The summed E-state index contributed by atoms with van der Waals surface area (Å²) in [6, 6.07) is 5.94. The van der Waals surface area contributed by atoms with E-state index in [0.29, 0.717) is 0 Å². The minimum Gasteiger partial charge on any atom is -0.349 e. The van der Waals surface area contributed by atoms with E-state index in [1.807, 2.05) is 6.92 Å². The van der Waals surface area contributed by atoms with E-state index in [2.05, 4.69) is 17.9 Å². The maximum atomic E-state index is 12.6. The van der Waals surface area contributed by atoms with Gasteiger partial charge in [0.15, 0.2) is 0 Å². The summed E-state index contributed by atoms with van der Waals surface area (Å²) in [4.78, 5) is 11.0. The van der Waals surface area contributed by atoms with E-state index in [1.54, 1.807) is 12.1 Å². The number of hydrogen-bond acceptors (Lipinski definition) is 2. The van der Waals surface area contributed by atoms with Crippen molar-refractivity contribution in [3.05, 3.63) is 35.6 Å². The Bertz CT molecular complexity index is 312. The van der Waals surface area contributed by atoms with E-state index in [9.17, 15) is 9.18 Å². The van der Waals surface area contributed by atoms with Gasteiger partial charge in [0.05, 0.1) is 11.8 Å². The minimum absolute atomic E-state index is 0.116. The number of carbonyl (C=O) groups is 1. The van der Waals surface area contributed by atoms with Gasteiger partial charge in [-0.15, -0.1) is 0 Å². The Morgan fingerprint density at radius 2 is 2.07 bits per heavy atom. The molecule has 1 aromatic rings. The van der Waals surface area contributed by atoms with Crippen molar-refractivity contribution in [2.24, 2.45) is 0 Å². The van der Waals surface area contributed by atoms with Crippen LogP contribution in [0, 0.1) is 5.82 Å². The van der Waals surface area contributed by atoms with Crippen LogP contribution < -0.4 is 5.32 Å². The van der Waals surface area contributed by atoms with Crippen LogP contribution in [0.25, 0.3) is 0 Å². The molecule has 1 amide bonds. The first kappa shape index (κ1) is 11.0. The lowest BCUT2D eigenvalue weighted by molar-refractivity contribution is -0.119. The Kier molecular flexibility index (Phi) is 3.95. The number of halogens is 1. The van der Waals surface area contributed by atoms with Gasteiger partial charge < -0.3 is 5.32 Å². The van der Waals surface area contributed by atoms with Gasteiger partial charge in [-0.1, -0.05) is 12.1 Å². The fourth-order valence-electron chi connectivity index (χ4n) is 1.12. The second-order valence-electron chi connectivity index (χ2n) is 3.00. The Morgan fingerprint density at radius 1 is 1.50 bits per heavy atom. The Hall–Kier alpha value is -1.03. The van der Waals surface area contributed by atoms with Gasteiger partial charge in [0.2, 0.25) is 5.91 Å². The summed E-state index contributed by atoms with van der Waals surface area (Å²) in [5.74, 6) is -0.252. The molecular formula is C10H12FNOS. The van der Waals surface area contributed by atoms with Gasteiger partial charge in [0.1, 0.15) is 5.82 Å². The lowest BCUT2D eigenvalue weighted by atomic mass is 10.1. The average molecular weight is 213 g/mol. The van der Waals surface area contributed by atoms with Crippen molar-refractivity contribution in [2.45, 2.75) is 13.0 Å². The first-order chi connectivity index (χ1) is 6.63. The van der Waals surface area contributed by atoms with Crippen LogP contribution in [0.1, 0.15) is 18.5 Å². The fourth-order valence-corrected chi connectivity index (χ4v) is 1.21. The van der Waals surface area contributed by atoms with Crippen LogP contribution in [-0.2, 0) is 4.79 Å². The molecule has 1 atom stereocenters. The van der Waals surface area contributed by atoms with E-state index in [1.165, 1.54) is 12.1 Å². The van der Waals surface area contributed by atoms with Crippen molar-refractivity contribution in [2.75, 3.05) is 5.75 Å². The summed E-state index contributed by atoms with van der Waals surface area (Å²) in [5.41, 5.74) is 0.876. The maximum absolute atomic E-state index is 12.6. The molecule has 0 heterocycles. The largest absolute Gasteiger partial charge is 0.349 e. The molecule has 0 spiro atoms. The smallest absolute Gasteiger partial charge is 0.230 e. The van der Waals surface area contributed by atoms with Gasteiger partial charge in [0, 0.05) is 0 Å². The molecule has 1 N–H and O–H groups in total. The average Bonchev–Trinajstić information content (AvgIpc) is 2.18. The third kappa shape index (κ3) is 3.03. The van der Waals surface area contributed by atoms with Crippen molar-refractivity contribution in [3.63, 3.8) is 0 Å². The van der Waals surface area contributed by atoms with Gasteiger partial charge in [-0.3, -0.25) is 4.79 Å². The Labute approximate surface area is 87.9 Å². The maximum Gasteiger partial charge on any atom is 0.230 e. The zero-order valence-electron chi connectivity index (χ0n) is 7.83. The number of carbonyl (C=O) groups excluding carboxylic acids is 1. The normalized spacial score (nSPS) is 12.2. The molecule has 1 rings (SSSR count). The first-order valence-corrected chi connectivity index (χ1v) is 4.92. The Morgan fingerprint density at radius 3 is 2.57 bits per heavy atom. The Balaban J connectivity index is 2.65. The predicted molar refractivity (Wildman–Crippen MR) is 56.8 cm³/mol. The van der Waals surface area contributed by atoms with Crippen LogP contribution in [0.3, 0.4) is 0 Å². The minimum atomic E-state index is -0.276. The number of amides is 1. The molecule has 0 radical (unpaired) electrons. The lowest BCUT2D eigenvalue weighted by Gasteiger charge is -2.13. The highest BCUT2D eigenvalue weighted by Crippen LogP contribution is 2.12. The molecule has 0 aliphatic carbocycles. The summed E-state index contributed by atoms with van der Waals surface area (Å²) in [7, 11) is 0. The summed E-state index contributed by atoms with van der Waals surface area (Å²) < 4.78 is 12.6. The molecule has 2 nitrogen and oxygen atoms in total. The van der Waals surface area contributed by atoms with Crippen molar-refractivity contribution >= 4 is 18.5 Å². The van der Waals surface area contributed by atoms with Gasteiger partial charge in [-0.25, -0.2) is 4.39 Å². The van der Waals surface area contributed by atoms with Gasteiger partial charge in [-0.2, -0.15) is 12.6 Å². The number of hydrogen-bond donors (Lipinski definition) is 2. The van der Waals surface area contributed by atoms with E-state index >= 15 is 0 Å². The molecule has 0 aliphatic heterocycles. The molecule has 0 fully saturated rings. The van der Waals surface area contributed by atoms with Crippen molar-refractivity contribution in [1.82, 2.24) is 5.32 Å². The summed E-state index contributed by atoms with van der Waals surface area (Å²) in [6.45, 7) is 1.84. The SMILES string of the molecule is CC(NC(=O)CS)c1ccc(F)cc1. The second-order valence-corrected chi connectivity index (χ2v) is 3.32. The van der Waals surface area contributed by atoms with Gasteiger partial charge in [-0.05, 0) is 24.6 Å². The van der Waals surface area contributed by atoms with Gasteiger partial charge >= 0.3 is 0 Å². The van der Waals surface area contributed by atoms with E-state index < -0.39 is 0 Å². The summed E-state index contributed by atoms with van der Waals surface area (Å²) >= 11 is 3.85. The van der Waals surface area contributed by atoms with Crippen molar-refractivity contribution < 1.29 is 9.18 Å².